The highest BCUT2D eigenvalue weighted by molar-refractivity contribution is 7.25. The van der Waals surface area contributed by atoms with Gasteiger partial charge in [0.05, 0.1) is 6.20 Å². The van der Waals surface area contributed by atoms with Gasteiger partial charge in [-0.2, -0.15) is 0 Å². The summed E-state index contributed by atoms with van der Waals surface area (Å²) in [7, 11) is 0. The Hall–Kier alpha value is -4.81. The van der Waals surface area contributed by atoms with E-state index in [0.717, 1.165) is 50.3 Å². The van der Waals surface area contributed by atoms with Crippen LogP contribution in [0.2, 0.25) is 0 Å². The van der Waals surface area contributed by atoms with E-state index in [1.54, 1.807) is 17.5 Å². The number of para-hydroxylation sites is 1. The Kier molecular flexibility index (Phi) is 4.69. The highest BCUT2D eigenvalue weighted by Gasteiger charge is 2.24. The van der Waals surface area contributed by atoms with E-state index in [4.69, 9.17) is 14.4 Å². The van der Waals surface area contributed by atoms with Gasteiger partial charge in [0, 0.05) is 48.3 Å². The molecule has 0 fully saturated rings. The van der Waals surface area contributed by atoms with Crippen molar-refractivity contribution in [3.63, 3.8) is 0 Å². The van der Waals surface area contributed by atoms with Gasteiger partial charge in [-0.05, 0) is 23.8 Å². The van der Waals surface area contributed by atoms with Crippen LogP contribution in [0, 0.1) is 0 Å². The molecule has 0 bridgehead atoms. The van der Waals surface area contributed by atoms with Crippen molar-refractivity contribution in [1.29, 1.82) is 0 Å². The van der Waals surface area contributed by atoms with Crippen molar-refractivity contribution in [1.82, 2.24) is 10.3 Å². The summed E-state index contributed by atoms with van der Waals surface area (Å²) in [6.45, 7) is 0. The minimum Gasteiger partial charge on any atom is -0.454 e. The van der Waals surface area contributed by atoms with Crippen LogP contribution in [0.3, 0.4) is 0 Å². The molecule has 1 N–H and O–H groups in total. The fourth-order valence-corrected chi connectivity index (χ4v) is 6.39. The summed E-state index contributed by atoms with van der Waals surface area (Å²) in [6, 6.07) is 33.4. The van der Waals surface area contributed by atoms with Gasteiger partial charge in [0.15, 0.2) is 11.7 Å². The lowest BCUT2D eigenvalue weighted by molar-refractivity contribution is 0.667. The monoisotopic (exact) mass is 508 g/mol. The molecule has 5 nitrogen and oxygen atoms in total. The third-order valence-corrected chi connectivity index (χ3v) is 8.16. The second kappa shape index (κ2) is 8.36. The third kappa shape index (κ3) is 3.34. The molecule has 6 heteroatoms. The SMILES string of the molecule is c1ccc(C2=NC(c3ccc4c(c3)sc3ccccc34)N=C(c3cncc4oc5ccccc5c34)N2)cc1. The van der Waals surface area contributed by atoms with Crippen LogP contribution in [0.25, 0.3) is 42.1 Å². The van der Waals surface area contributed by atoms with E-state index in [2.05, 4.69) is 71.0 Å². The van der Waals surface area contributed by atoms with Crippen molar-refractivity contribution in [2.24, 2.45) is 9.98 Å². The Morgan fingerprint density at radius 1 is 0.658 bits per heavy atom. The Morgan fingerprint density at radius 3 is 2.34 bits per heavy atom. The maximum Gasteiger partial charge on any atom is 0.169 e. The first-order valence-corrected chi connectivity index (χ1v) is 13.3. The smallest absolute Gasteiger partial charge is 0.169 e. The number of aromatic nitrogens is 1. The van der Waals surface area contributed by atoms with E-state index >= 15 is 0 Å². The van der Waals surface area contributed by atoms with Crippen molar-refractivity contribution < 1.29 is 4.42 Å². The van der Waals surface area contributed by atoms with Gasteiger partial charge in [0.1, 0.15) is 17.3 Å². The molecule has 8 rings (SSSR count). The van der Waals surface area contributed by atoms with E-state index in [1.165, 1.54) is 20.2 Å². The Bertz CT molecular complexity index is 2070. The van der Waals surface area contributed by atoms with Crippen molar-refractivity contribution >= 4 is 65.1 Å². The number of nitrogens with one attached hydrogen (secondary N) is 1. The van der Waals surface area contributed by atoms with Crippen molar-refractivity contribution in [3.8, 4) is 0 Å². The summed E-state index contributed by atoms with van der Waals surface area (Å²) in [5.74, 6) is 1.51. The summed E-state index contributed by atoms with van der Waals surface area (Å²) >= 11 is 1.80. The zero-order valence-corrected chi connectivity index (χ0v) is 20.9. The largest absolute Gasteiger partial charge is 0.454 e. The number of hydrogen-bond acceptors (Lipinski definition) is 6. The Labute approximate surface area is 221 Å². The molecule has 4 aromatic carbocycles. The predicted octanol–water partition coefficient (Wildman–Crippen LogP) is 7.84. The first-order valence-electron chi connectivity index (χ1n) is 12.5. The number of thiophene rings is 1. The molecule has 0 saturated heterocycles. The molecular weight excluding hydrogens is 488 g/mol. The molecule has 38 heavy (non-hydrogen) atoms. The van der Waals surface area contributed by atoms with Crippen LogP contribution in [0.15, 0.2) is 124 Å². The highest BCUT2D eigenvalue weighted by Crippen LogP contribution is 2.37. The van der Waals surface area contributed by atoms with Crippen LogP contribution in [0.5, 0.6) is 0 Å². The van der Waals surface area contributed by atoms with E-state index in [9.17, 15) is 0 Å². The number of fused-ring (bicyclic) bond motifs is 6. The predicted molar refractivity (Wildman–Crippen MR) is 156 cm³/mol. The Balaban J connectivity index is 1.32. The number of amidine groups is 2. The van der Waals surface area contributed by atoms with E-state index in [1.807, 2.05) is 42.6 Å². The lowest BCUT2D eigenvalue weighted by Gasteiger charge is -2.22. The first-order chi connectivity index (χ1) is 18.8. The van der Waals surface area contributed by atoms with Gasteiger partial charge in [-0.3, -0.25) is 4.98 Å². The van der Waals surface area contributed by atoms with Crippen LogP contribution in [0.1, 0.15) is 22.9 Å². The summed E-state index contributed by atoms with van der Waals surface area (Å²) in [5.41, 5.74) is 4.51. The van der Waals surface area contributed by atoms with Crippen molar-refractivity contribution in [2.45, 2.75) is 6.17 Å². The third-order valence-electron chi connectivity index (χ3n) is 7.03. The number of rotatable bonds is 3. The molecule has 0 radical (unpaired) electrons. The molecule has 0 saturated carbocycles. The standard InChI is InChI=1S/C32H20N4OS/c1-2-8-19(9-3-1)30-34-31(20-14-15-22-21-10-5-7-13-27(21)38-28(22)16-20)36-32(35-30)24-17-33-18-26-29(24)23-11-4-6-12-25(23)37-26/h1-18,31H,(H,34,35,36). The summed E-state index contributed by atoms with van der Waals surface area (Å²) < 4.78 is 8.63. The molecule has 1 unspecified atom stereocenters. The number of nitrogens with zero attached hydrogens (tertiary/aromatic N) is 3. The van der Waals surface area contributed by atoms with E-state index in [-0.39, 0.29) is 0 Å². The molecule has 0 amide bonds. The molecule has 3 aromatic heterocycles. The minimum atomic E-state index is -0.399. The van der Waals surface area contributed by atoms with Crippen molar-refractivity contribution in [3.05, 3.63) is 126 Å². The molecule has 4 heterocycles. The molecule has 0 spiro atoms. The molecule has 1 atom stereocenters. The average molecular weight is 509 g/mol. The molecule has 7 aromatic rings. The van der Waals surface area contributed by atoms with Crippen LogP contribution in [0.4, 0.5) is 0 Å². The molecule has 180 valence electrons. The number of benzene rings is 4. The van der Waals surface area contributed by atoms with Crippen LogP contribution in [-0.4, -0.2) is 16.7 Å². The van der Waals surface area contributed by atoms with Gasteiger partial charge in [-0.25, -0.2) is 9.98 Å². The summed E-state index contributed by atoms with van der Waals surface area (Å²) in [4.78, 5) is 14.7. The van der Waals surface area contributed by atoms with Crippen molar-refractivity contribution in [2.75, 3.05) is 0 Å². The van der Waals surface area contributed by atoms with Gasteiger partial charge in [0.25, 0.3) is 0 Å². The minimum absolute atomic E-state index is 0.399. The van der Waals surface area contributed by atoms with Gasteiger partial charge in [-0.1, -0.05) is 78.9 Å². The fourth-order valence-electron chi connectivity index (χ4n) is 5.24. The van der Waals surface area contributed by atoms with Crippen LogP contribution in [-0.2, 0) is 0 Å². The number of pyridine rings is 1. The molecule has 0 aliphatic carbocycles. The zero-order valence-electron chi connectivity index (χ0n) is 20.1. The summed E-state index contributed by atoms with van der Waals surface area (Å²) in [6.07, 6.45) is 3.22. The van der Waals surface area contributed by atoms with E-state index in [0.29, 0.717) is 0 Å². The van der Waals surface area contributed by atoms with Crippen LogP contribution >= 0.6 is 11.3 Å². The highest BCUT2D eigenvalue weighted by atomic mass is 32.1. The van der Waals surface area contributed by atoms with Crippen LogP contribution < -0.4 is 5.32 Å². The van der Waals surface area contributed by atoms with E-state index < -0.39 is 6.17 Å². The Morgan fingerprint density at radius 2 is 1.42 bits per heavy atom. The van der Waals surface area contributed by atoms with Gasteiger partial charge in [0.2, 0.25) is 0 Å². The number of furan rings is 1. The number of aliphatic imine (C=N–C) groups is 2. The summed E-state index contributed by atoms with van der Waals surface area (Å²) in [5, 5.41) is 8.09. The quantitative estimate of drug-likeness (QED) is 0.264. The van der Waals surface area contributed by atoms with Gasteiger partial charge < -0.3 is 9.73 Å². The molecule has 1 aliphatic heterocycles. The maximum absolute atomic E-state index is 6.11. The lowest BCUT2D eigenvalue weighted by Crippen LogP contribution is -2.36. The maximum atomic E-state index is 6.11. The average Bonchev–Trinajstić information content (AvgIpc) is 3.55. The fraction of sp³-hybridized carbons (Fsp3) is 0.0312. The second-order valence-corrected chi connectivity index (χ2v) is 10.4. The normalized spacial score (nSPS) is 15.6. The second-order valence-electron chi connectivity index (χ2n) is 9.33. The van der Waals surface area contributed by atoms with Gasteiger partial charge in [-0.15, -0.1) is 11.3 Å². The first kappa shape index (κ1) is 21.3. The molecule has 1 aliphatic rings. The number of hydrogen-bond donors (Lipinski definition) is 1. The zero-order chi connectivity index (χ0) is 25.1. The molecular formula is C32H20N4OS. The van der Waals surface area contributed by atoms with Gasteiger partial charge >= 0.3 is 0 Å². The topological polar surface area (TPSA) is 62.8 Å². The lowest BCUT2D eigenvalue weighted by atomic mass is 10.1.